The van der Waals surface area contributed by atoms with E-state index in [9.17, 15) is 4.79 Å². The number of pyridine rings is 1. The highest BCUT2D eigenvalue weighted by Gasteiger charge is 2.26. The molecule has 6 heteroatoms. The van der Waals surface area contributed by atoms with Crippen LogP contribution in [0.4, 0.5) is 5.69 Å². The third-order valence-electron chi connectivity index (χ3n) is 4.75. The lowest BCUT2D eigenvalue weighted by Crippen LogP contribution is -2.34. The van der Waals surface area contributed by atoms with Gasteiger partial charge in [0.15, 0.2) is 5.65 Å². The van der Waals surface area contributed by atoms with Crippen LogP contribution in [-0.2, 0) is 11.2 Å². The number of nitrogens with zero attached hydrogens (tertiary/aromatic N) is 3. The van der Waals surface area contributed by atoms with Gasteiger partial charge in [-0.15, -0.1) is 0 Å². The normalized spacial score (nSPS) is 16.9. The van der Waals surface area contributed by atoms with Crippen molar-refractivity contribution in [3.05, 3.63) is 53.3 Å². The number of anilines is 1. The molecule has 24 heavy (non-hydrogen) atoms. The van der Waals surface area contributed by atoms with E-state index in [0.29, 0.717) is 5.56 Å². The summed E-state index contributed by atoms with van der Waals surface area (Å²) in [5.41, 5.74) is 4.93. The molecular formula is C18H18N4O2. The van der Waals surface area contributed by atoms with E-state index in [0.717, 1.165) is 35.2 Å². The third kappa shape index (κ3) is 2.22. The zero-order chi connectivity index (χ0) is 16.7. The average Bonchev–Trinajstić information content (AvgIpc) is 3.10. The smallest absolute Gasteiger partial charge is 0.337 e. The molecule has 4 rings (SSSR count). The van der Waals surface area contributed by atoms with Crippen molar-refractivity contribution in [3.63, 3.8) is 0 Å². The minimum atomic E-state index is -0.303. The van der Waals surface area contributed by atoms with Gasteiger partial charge in [-0.05, 0) is 42.7 Å². The van der Waals surface area contributed by atoms with Crippen molar-refractivity contribution in [2.45, 2.75) is 19.4 Å². The largest absolute Gasteiger partial charge is 0.465 e. The van der Waals surface area contributed by atoms with Crippen molar-refractivity contribution in [2.75, 3.05) is 18.6 Å². The number of rotatable bonds is 2. The number of fused-ring (bicyclic) bond motifs is 2. The molecule has 3 heterocycles. The van der Waals surface area contributed by atoms with Crippen LogP contribution in [0.15, 0.2) is 36.7 Å². The number of hydrogen-bond donors (Lipinski definition) is 1. The van der Waals surface area contributed by atoms with Crippen molar-refractivity contribution < 1.29 is 9.53 Å². The van der Waals surface area contributed by atoms with Crippen molar-refractivity contribution in [1.29, 1.82) is 0 Å². The van der Waals surface area contributed by atoms with Crippen LogP contribution in [0, 0.1) is 0 Å². The fraction of sp³-hybridized carbons (Fsp3) is 0.278. The van der Waals surface area contributed by atoms with Crippen molar-refractivity contribution >= 4 is 22.7 Å². The Kier molecular flexibility index (Phi) is 3.45. The Labute approximate surface area is 139 Å². The topological polar surface area (TPSA) is 71.1 Å². The Morgan fingerprint density at radius 3 is 3.08 bits per heavy atom. The van der Waals surface area contributed by atoms with Gasteiger partial charge in [0.25, 0.3) is 0 Å². The lowest BCUT2D eigenvalue weighted by Gasteiger charge is -2.37. The number of esters is 1. The molecule has 3 aromatic rings. The second kappa shape index (κ2) is 5.63. The number of nitrogens with one attached hydrogen (secondary N) is 1. The van der Waals surface area contributed by atoms with E-state index in [4.69, 9.17) is 4.74 Å². The predicted molar refractivity (Wildman–Crippen MR) is 91.1 cm³/mol. The summed E-state index contributed by atoms with van der Waals surface area (Å²) in [7, 11) is 1.41. The zero-order valence-corrected chi connectivity index (χ0v) is 13.6. The summed E-state index contributed by atoms with van der Waals surface area (Å²) >= 11 is 0. The van der Waals surface area contributed by atoms with Crippen LogP contribution in [0.1, 0.15) is 34.5 Å². The van der Waals surface area contributed by atoms with Gasteiger partial charge in [0.1, 0.15) is 0 Å². The lowest BCUT2D eigenvalue weighted by atomic mass is 9.91. The molecule has 1 atom stereocenters. The highest BCUT2D eigenvalue weighted by molar-refractivity contribution is 5.90. The molecule has 1 aliphatic heterocycles. The minimum absolute atomic E-state index is 0.152. The Morgan fingerprint density at radius 2 is 2.25 bits per heavy atom. The third-order valence-corrected chi connectivity index (χ3v) is 4.75. The zero-order valence-electron chi connectivity index (χ0n) is 13.6. The lowest BCUT2D eigenvalue weighted by molar-refractivity contribution is 0.0600. The van der Waals surface area contributed by atoms with E-state index in [1.165, 1.54) is 12.7 Å². The maximum absolute atomic E-state index is 11.8. The number of aromatic nitrogens is 3. The molecule has 0 radical (unpaired) electrons. The summed E-state index contributed by atoms with van der Waals surface area (Å²) in [6.45, 7) is 3.07. The molecule has 1 aromatic carbocycles. The van der Waals surface area contributed by atoms with Crippen molar-refractivity contribution in [1.82, 2.24) is 15.2 Å². The molecule has 1 unspecified atom stereocenters. The molecule has 0 bridgehead atoms. The molecule has 0 spiro atoms. The first kappa shape index (κ1) is 14.7. The molecule has 0 fully saturated rings. The molecule has 122 valence electrons. The van der Waals surface area contributed by atoms with Crippen LogP contribution in [0.5, 0.6) is 0 Å². The Balaban J connectivity index is 1.77. The van der Waals surface area contributed by atoms with Gasteiger partial charge in [0, 0.05) is 12.7 Å². The molecule has 1 N–H and O–H groups in total. The molecule has 1 aliphatic rings. The maximum Gasteiger partial charge on any atom is 0.337 e. The van der Waals surface area contributed by atoms with Crippen LogP contribution in [0.2, 0.25) is 0 Å². The fourth-order valence-corrected chi connectivity index (χ4v) is 3.48. The molecule has 0 amide bonds. The van der Waals surface area contributed by atoms with Gasteiger partial charge in [-0.3, -0.25) is 5.10 Å². The van der Waals surface area contributed by atoms with Gasteiger partial charge in [-0.25, -0.2) is 9.78 Å². The van der Waals surface area contributed by atoms with Crippen LogP contribution in [0.3, 0.4) is 0 Å². The standard InChI is InChI=1S/C18H18N4O2/c1-11-14-9-13(18(23)24-2)4-3-12(14)6-8-22(11)16-5-7-19-17-15(16)10-20-21-17/h3-5,7,9-11H,6,8H2,1-2H3,(H,19,20,21). The van der Waals surface area contributed by atoms with E-state index in [1.807, 2.05) is 30.5 Å². The summed E-state index contributed by atoms with van der Waals surface area (Å²) in [5.74, 6) is -0.303. The Bertz CT molecular complexity index is 918. The molecular weight excluding hydrogens is 304 g/mol. The summed E-state index contributed by atoms with van der Waals surface area (Å²) in [5, 5.41) is 8.03. The summed E-state index contributed by atoms with van der Waals surface area (Å²) in [6, 6.07) is 8.00. The highest BCUT2D eigenvalue weighted by Crippen LogP contribution is 2.36. The van der Waals surface area contributed by atoms with Crippen LogP contribution < -0.4 is 4.90 Å². The minimum Gasteiger partial charge on any atom is -0.465 e. The Hall–Kier alpha value is -2.89. The number of aromatic amines is 1. The number of methoxy groups -OCH3 is 1. The molecule has 6 nitrogen and oxygen atoms in total. The second-order valence-electron chi connectivity index (χ2n) is 5.99. The quantitative estimate of drug-likeness (QED) is 0.735. The Morgan fingerprint density at radius 1 is 1.38 bits per heavy atom. The first-order valence-corrected chi connectivity index (χ1v) is 7.95. The number of carbonyl (C=O) groups excluding carboxylic acids is 1. The van der Waals surface area contributed by atoms with E-state index in [1.54, 1.807) is 6.20 Å². The molecule has 0 aliphatic carbocycles. The molecule has 0 saturated heterocycles. The SMILES string of the molecule is COC(=O)c1ccc2c(c1)C(C)N(c1ccnc3[nH]ncc13)CC2. The van der Waals surface area contributed by atoms with Gasteiger partial charge in [0.2, 0.25) is 0 Å². The van der Waals surface area contributed by atoms with Crippen molar-refractivity contribution in [2.24, 2.45) is 0 Å². The second-order valence-corrected chi connectivity index (χ2v) is 5.99. The summed E-state index contributed by atoms with van der Waals surface area (Å²) in [4.78, 5) is 18.5. The van der Waals surface area contributed by atoms with Crippen molar-refractivity contribution in [3.8, 4) is 0 Å². The number of benzene rings is 1. The predicted octanol–water partition coefficient (Wildman–Crippen LogP) is 2.87. The highest BCUT2D eigenvalue weighted by atomic mass is 16.5. The van der Waals surface area contributed by atoms with Gasteiger partial charge >= 0.3 is 5.97 Å². The average molecular weight is 322 g/mol. The first-order chi connectivity index (χ1) is 11.7. The van der Waals surface area contributed by atoms with Gasteiger partial charge in [-0.2, -0.15) is 5.10 Å². The number of carbonyl (C=O) groups is 1. The summed E-state index contributed by atoms with van der Waals surface area (Å²) in [6.07, 6.45) is 4.54. The maximum atomic E-state index is 11.8. The number of hydrogen-bond acceptors (Lipinski definition) is 5. The monoisotopic (exact) mass is 322 g/mol. The summed E-state index contributed by atoms with van der Waals surface area (Å²) < 4.78 is 4.85. The molecule has 0 saturated carbocycles. The number of ether oxygens (including phenoxy) is 1. The molecule has 2 aromatic heterocycles. The van der Waals surface area contributed by atoms with Gasteiger partial charge < -0.3 is 9.64 Å². The van der Waals surface area contributed by atoms with Crippen LogP contribution in [-0.4, -0.2) is 34.8 Å². The van der Waals surface area contributed by atoms with Gasteiger partial charge in [0.05, 0.1) is 36.0 Å². The van der Waals surface area contributed by atoms with Crippen LogP contribution >= 0.6 is 0 Å². The first-order valence-electron chi connectivity index (χ1n) is 7.95. The van der Waals surface area contributed by atoms with E-state index in [2.05, 4.69) is 27.0 Å². The number of H-pyrrole nitrogens is 1. The van der Waals surface area contributed by atoms with Crippen LogP contribution in [0.25, 0.3) is 11.0 Å². The fourth-order valence-electron chi connectivity index (χ4n) is 3.48. The van der Waals surface area contributed by atoms with E-state index >= 15 is 0 Å². The van der Waals surface area contributed by atoms with Gasteiger partial charge in [-0.1, -0.05) is 6.07 Å². The van der Waals surface area contributed by atoms with E-state index in [-0.39, 0.29) is 12.0 Å². The van der Waals surface area contributed by atoms with E-state index < -0.39 is 0 Å².